The maximum Gasteiger partial charge on any atom is 0.342 e. The maximum absolute atomic E-state index is 12.8. The molecule has 1 aliphatic rings. The molecule has 0 aliphatic carbocycles. The van der Waals surface area contributed by atoms with Crippen molar-refractivity contribution in [1.29, 1.82) is 0 Å². The molecule has 154 valence electrons. The molecule has 0 aromatic heterocycles. The smallest absolute Gasteiger partial charge is 0.342 e. The first kappa shape index (κ1) is 20.9. The highest BCUT2D eigenvalue weighted by Crippen LogP contribution is 2.24. The van der Waals surface area contributed by atoms with Gasteiger partial charge in [-0.25, -0.2) is 4.79 Å². The van der Waals surface area contributed by atoms with Crippen LogP contribution in [0.2, 0.25) is 0 Å². The van der Waals surface area contributed by atoms with Crippen LogP contribution in [0.15, 0.2) is 48.5 Å². The highest BCUT2D eigenvalue weighted by molar-refractivity contribution is 5.94. The second-order valence-corrected chi connectivity index (χ2v) is 7.71. The summed E-state index contributed by atoms with van der Waals surface area (Å²) < 4.78 is 10.7. The van der Waals surface area contributed by atoms with Gasteiger partial charge in [0.05, 0.1) is 7.11 Å². The number of ether oxygens (including phenoxy) is 2. The van der Waals surface area contributed by atoms with Crippen LogP contribution in [0.5, 0.6) is 5.75 Å². The van der Waals surface area contributed by atoms with Crippen molar-refractivity contribution in [2.45, 2.75) is 39.2 Å². The molecule has 1 aliphatic heterocycles. The molecule has 3 rings (SSSR count). The normalized spacial score (nSPS) is 15.6. The van der Waals surface area contributed by atoms with Gasteiger partial charge in [-0.15, -0.1) is 0 Å². The molecule has 2 aromatic carbocycles. The van der Waals surface area contributed by atoms with E-state index in [0.29, 0.717) is 30.3 Å². The summed E-state index contributed by atoms with van der Waals surface area (Å²) in [6.45, 7) is 4.93. The minimum absolute atomic E-state index is 0.136. The largest absolute Gasteiger partial charge is 0.496 e. The SMILES string of the molecule is COc1ccc(C)cc1C(=O)O[C@@H](C)C(=O)N1CCC(Cc2ccccc2)CC1. The first-order valence-corrected chi connectivity index (χ1v) is 10.2. The van der Waals surface area contributed by atoms with Gasteiger partial charge in [0.2, 0.25) is 0 Å². The van der Waals surface area contributed by atoms with Crippen molar-refractivity contribution in [2.24, 2.45) is 5.92 Å². The Morgan fingerprint density at radius 3 is 2.45 bits per heavy atom. The minimum Gasteiger partial charge on any atom is -0.496 e. The summed E-state index contributed by atoms with van der Waals surface area (Å²) >= 11 is 0. The number of carbonyl (C=O) groups is 2. The van der Waals surface area contributed by atoms with Gasteiger partial charge >= 0.3 is 5.97 Å². The van der Waals surface area contributed by atoms with Crippen molar-refractivity contribution in [1.82, 2.24) is 4.90 Å². The lowest BCUT2D eigenvalue weighted by Gasteiger charge is -2.33. The third-order valence-corrected chi connectivity index (χ3v) is 5.50. The first-order chi connectivity index (χ1) is 14.0. The Balaban J connectivity index is 1.53. The molecule has 0 unspecified atom stereocenters. The number of nitrogens with zero attached hydrogens (tertiary/aromatic N) is 1. The number of carbonyl (C=O) groups excluding carboxylic acids is 2. The minimum atomic E-state index is -0.821. The van der Waals surface area contributed by atoms with Crippen molar-refractivity contribution in [3.8, 4) is 5.75 Å². The van der Waals surface area contributed by atoms with E-state index in [1.54, 1.807) is 19.1 Å². The topological polar surface area (TPSA) is 55.8 Å². The number of hydrogen-bond donors (Lipinski definition) is 0. The van der Waals surface area contributed by atoms with E-state index in [-0.39, 0.29) is 5.91 Å². The van der Waals surface area contributed by atoms with Crippen LogP contribution in [0.25, 0.3) is 0 Å². The van der Waals surface area contributed by atoms with Gasteiger partial charge in [0.15, 0.2) is 6.10 Å². The van der Waals surface area contributed by atoms with Crippen molar-refractivity contribution >= 4 is 11.9 Å². The molecule has 0 N–H and O–H groups in total. The third-order valence-electron chi connectivity index (χ3n) is 5.50. The molecular weight excluding hydrogens is 366 g/mol. The number of amides is 1. The number of rotatable bonds is 6. The van der Waals surface area contributed by atoms with Gasteiger partial charge < -0.3 is 14.4 Å². The van der Waals surface area contributed by atoms with Gasteiger partial charge in [-0.2, -0.15) is 0 Å². The molecule has 5 heteroatoms. The van der Waals surface area contributed by atoms with Gasteiger partial charge in [-0.1, -0.05) is 42.0 Å². The summed E-state index contributed by atoms with van der Waals surface area (Å²) in [6, 6.07) is 15.8. The monoisotopic (exact) mass is 395 g/mol. The Bertz CT molecular complexity index is 841. The van der Waals surface area contributed by atoms with Crippen LogP contribution in [0.3, 0.4) is 0 Å². The van der Waals surface area contributed by atoms with Gasteiger partial charge in [0.1, 0.15) is 11.3 Å². The number of methoxy groups -OCH3 is 1. The molecule has 1 heterocycles. The molecule has 0 radical (unpaired) electrons. The quantitative estimate of drug-likeness (QED) is 0.693. The summed E-state index contributed by atoms with van der Waals surface area (Å²) in [7, 11) is 1.51. The summed E-state index contributed by atoms with van der Waals surface area (Å²) in [5.41, 5.74) is 2.61. The number of piperidine rings is 1. The number of esters is 1. The predicted octanol–water partition coefficient (Wildman–Crippen LogP) is 4.03. The third kappa shape index (κ3) is 5.37. The molecular formula is C24H29NO4. The van der Waals surface area contributed by atoms with Crippen LogP contribution in [-0.2, 0) is 16.0 Å². The Hall–Kier alpha value is -2.82. The van der Waals surface area contributed by atoms with Crippen LogP contribution in [0.1, 0.15) is 41.3 Å². The van der Waals surface area contributed by atoms with E-state index >= 15 is 0 Å². The molecule has 1 amide bonds. The summed E-state index contributed by atoms with van der Waals surface area (Å²) in [5.74, 6) is 0.353. The Morgan fingerprint density at radius 1 is 1.10 bits per heavy atom. The van der Waals surface area contributed by atoms with Crippen LogP contribution < -0.4 is 4.74 Å². The fourth-order valence-electron chi connectivity index (χ4n) is 3.82. The molecule has 0 spiro atoms. The number of benzene rings is 2. The standard InChI is InChI=1S/C24H29NO4/c1-17-9-10-22(28-3)21(15-17)24(27)29-18(2)23(26)25-13-11-20(12-14-25)16-19-7-5-4-6-8-19/h4-10,15,18,20H,11-14,16H2,1-3H3/t18-/m0/s1. The van der Waals surface area contributed by atoms with Crippen molar-refractivity contribution in [3.63, 3.8) is 0 Å². The average Bonchev–Trinajstić information content (AvgIpc) is 2.74. The summed E-state index contributed by atoms with van der Waals surface area (Å²) in [4.78, 5) is 27.1. The van der Waals surface area contributed by atoms with Gasteiger partial charge in [-0.05, 0) is 56.7 Å². The Kier molecular flexibility index (Phi) is 6.91. The van der Waals surface area contributed by atoms with Crippen molar-refractivity contribution in [2.75, 3.05) is 20.2 Å². The molecule has 0 saturated carbocycles. The Labute approximate surface area is 172 Å². The second kappa shape index (κ2) is 9.59. The molecule has 0 bridgehead atoms. The lowest BCUT2D eigenvalue weighted by molar-refractivity contribution is -0.141. The van der Waals surface area contributed by atoms with E-state index in [1.165, 1.54) is 12.7 Å². The number of likely N-dealkylation sites (tertiary alicyclic amines) is 1. The van der Waals surface area contributed by atoms with E-state index in [1.807, 2.05) is 24.0 Å². The summed E-state index contributed by atoms with van der Waals surface area (Å²) in [5, 5.41) is 0. The second-order valence-electron chi connectivity index (χ2n) is 7.71. The maximum atomic E-state index is 12.8. The van der Waals surface area contributed by atoms with Crippen LogP contribution >= 0.6 is 0 Å². The fraction of sp³-hybridized carbons (Fsp3) is 0.417. The molecule has 1 saturated heterocycles. The van der Waals surface area contributed by atoms with Crippen molar-refractivity contribution < 1.29 is 19.1 Å². The molecule has 1 atom stereocenters. The first-order valence-electron chi connectivity index (χ1n) is 10.2. The van der Waals surface area contributed by atoms with E-state index < -0.39 is 12.1 Å². The van der Waals surface area contributed by atoms with Gasteiger partial charge in [0.25, 0.3) is 5.91 Å². The predicted molar refractivity (Wildman–Crippen MR) is 112 cm³/mol. The lowest BCUT2D eigenvalue weighted by atomic mass is 9.90. The van der Waals surface area contributed by atoms with E-state index in [9.17, 15) is 9.59 Å². The number of aryl methyl sites for hydroxylation is 1. The molecule has 2 aromatic rings. The van der Waals surface area contributed by atoms with Crippen LogP contribution in [-0.4, -0.2) is 43.1 Å². The highest BCUT2D eigenvalue weighted by atomic mass is 16.5. The molecule has 29 heavy (non-hydrogen) atoms. The zero-order valence-electron chi connectivity index (χ0n) is 17.4. The van der Waals surface area contributed by atoms with E-state index in [4.69, 9.17) is 9.47 Å². The van der Waals surface area contributed by atoms with Crippen LogP contribution in [0.4, 0.5) is 0 Å². The van der Waals surface area contributed by atoms with Crippen LogP contribution in [0, 0.1) is 12.8 Å². The summed E-state index contributed by atoms with van der Waals surface area (Å²) in [6.07, 6.45) is 2.15. The zero-order chi connectivity index (χ0) is 20.8. The number of hydrogen-bond acceptors (Lipinski definition) is 4. The fourth-order valence-corrected chi connectivity index (χ4v) is 3.82. The average molecular weight is 395 g/mol. The molecule has 1 fully saturated rings. The highest BCUT2D eigenvalue weighted by Gasteiger charge is 2.29. The van der Waals surface area contributed by atoms with Crippen molar-refractivity contribution in [3.05, 3.63) is 65.2 Å². The molecule has 5 nitrogen and oxygen atoms in total. The zero-order valence-corrected chi connectivity index (χ0v) is 17.4. The van der Waals surface area contributed by atoms with Gasteiger partial charge in [-0.3, -0.25) is 4.79 Å². The lowest BCUT2D eigenvalue weighted by Crippen LogP contribution is -2.44. The van der Waals surface area contributed by atoms with Gasteiger partial charge in [0, 0.05) is 13.1 Å². The Morgan fingerprint density at radius 2 is 1.79 bits per heavy atom. The van der Waals surface area contributed by atoms with E-state index in [0.717, 1.165) is 24.8 Å². The van der Waals surface area contributed by atoms with E-state index in [2.05, 4.69) is 24.3 Å².